The van der Waals surface area contributed by atoms with Gasteiger partial charge in [-0.05, 0) is 34.1 Å². The van der Waals surface area contributed by atoms with Crippen molar-refractivity contribution in [3.8, 4) is 0 Å². The van der Waals surface area contributed by atoms with E-state index >= 15 is 0 Å². The van der Waals surface area contributed by atoms with E-state index in [9.17, 15) is 24.3 Å². The molecule has 0 radical (unpaired) electrons. The molecule has 2 rings (SSSR count). The largest absolute Gasteiger partial charge is 0.479 e. The van der Waals surface area contributed by atoms with Crippen molar-refractivity contribution in [1.29, 1.82) is 0 Å². The van der Waals surface area contributed by atoms with Crippen LogP contribution in [0.5, 0.6) is 0 Å². The van der Waals surface area contributed by atoms with Gasteiger partial charge in [0.1, 0.15) is 5.60 Å². The Morgan fingerprint density at radius 2 is 2.00 bits per heavy atom. The number of carbonyl (C=O) groups excluding carboxylic acids is 3. The van der Waals surface area contributed by atoms with Gasteiger partial charge in [-0.1, -0.05) is 0 Å². The first-order valence-corrected chi connectivity index (χ1v) is 8.32. The van der Waals surface area contributed by atoms with Gasteiger partial charge in [0.15, 0.2) is 5.54 Å². The number of ether oxygens (including phenoxy) is 1. The van der Waals surface area contributed by atoms with E-state index in [1.165, 1.54) is 4.90 Å². The molecule has 9 nitrogen and oxygen atoms in total. The number of alkyl carbamates (subject to hydrolysis) is 1. The average Bonchev–Trinajstić information content (AvgIpc) is 2.99. The lowest BCUT2D eigenvalue weighted by Crippen LogP contribution is -2.58. The zero-order chi connectivity index (χ0) is 19.0. The number of likely N-dealkylation sites (N-methyl/N-ethyl adjacent to an activating group) is 1. The predicted octanol–water partition coefficient (Wildman–Crippen LogP) is 0.188. The fraction of sp³-hybridized carbons (Fsp3) is 0.750. The van der Waals surface area contributed by atoms with Crippen LogP contribution >= 0.6 is 0 Å². The van der Waals surface area contributed by atoms with Crippen LogP contribution in [0.3, 0.4) is 0 Å². The Balaban J connectivity index is 2.11. The summed E-state index contributed by atoms with van der Waals surface area (Å²) < 4.78 is 5.15. The summed E-state index contributed by atoms with van der Waals surface area (Å²) in [7, 11) is 0. The average molecular weight is 355 g/mol. The van der Waals surface area contributed by atoms with Crippen LogP contribution in [0.1, 0.15) is 40.5 Å². The van der Waals surface area contributed by atoms with E-state index in [1.807, 2.05) is 0 Å². The molecular weight excluding hydrogens is 330 g/mol. The fourth-order valence-electron chi connectivity index (χ4n) is 3.22. The van der Waals surface area contributed by atoms with Crippen LogP contribution in [0.4, 0.5) is 4.79 Å². The van der Waals surface area contributed by atoms with Gasteiger partial charge in [0.05, 0.1) is 12.5 Å². The number of carboxylic acid groups (broad SMARTS) is 1. The summed E-state index contributed by atoms with van der Waals surface area (Å²) in [6.07, 6.45) is -0.652. The second-order valence-electron chi connectivity index (χ2n) is 7.43. The van der Waals surface area contributed by atoms with E-state index < -0.39 is 29.2 Å². The smallest absolute Gasteiger partial charge is 0.408 e. The number of amides is 3. The number of aliphatic carboxylic acids is 1. The molecule has 0 spiro atoms. The topological polar surface area (TPSA) is 116 Å². The van der Waals surface area contributed by atoms with Crippen LogP contribution in [0.25, 0.3) is 0 Å². The van der Waals surface area contributed by atoms with Gasteiger partial charge in [0.2, 0.25) is 11.8 Å². The highest BCUT2D eigenvalue weighted by molar-refractivity contribution is 6.05. The molecule has 2 saturated heterocycles. The lowest BCUT2D eigenvalue weighted by molar-refractivity contribution is -0.145. The Hall–Kier alpha value is -2.16. The zero-order valence-electron chi connectivity index (χ0n) is 15.0. The number of imide groups is 1. The first kappa shape index (κ1) is 19.2. The number of rotatable bonds is 4. The molecule has 3 amide bonds. The summed E-state index contributed by atoms with van der Waals surface area (Å²) in [6, 6.07) is -0.672. The molecule has 2 heterocycles. The van der Waals surface area contributed by atoms with E-state index in [-0.39, 0.29) is 31.2 Å². The second kappa shape index (κ2) is 6.62. The number of hydrogen-bond donors (Lipinski definition) is 2. The number of carboxylic acids is 1. The van der Waals surface area contributed by atoms with Gasteiger partial charge < -0.3 is 15.2 Å². The number of nitrogens with zero attached hydrogens (tertiary/aromatic N) is 2. The number of nitrogens with one attached hydrogen (secondary N) is 1. The predicted molar refractivity (Wildman–Crippen MR) is 86.7 cm³/mol. The maximum Gasteiger partial charge on any atom is 0.408 e. The minimum Gasteiger partial charge on any atom is -0.479 e. The Morgan fingerprint density at radius 1 is 1.36 bits per heavy atom. The van der Waals surface area contributed by atoms with Crippen LogP contribution in [-0.4, -0.2) is 75.6 Å². The molecule has 2 fully saturated rings. The van der Waals surface area contributed by atoms with Gasteiger partial charge in [0.25, 0.3) is 0 Å². The number of carbonyl (C=O) groups is 4. The standard InChI is InChI=1S/C16H25N3O6/c1-5-19-11(20)8-10(12(19)21)18-7-6-16(9-18,13(22)23)17-14(24)25-15(2,3)4/h10H,5-9H2,1-4H3,(H,17,24)(H,22,23). The Labute approximate surface area is 146 Å². The van der Waals surface area contributed by atoms with E-state index in [4.69, 9.17) is 4.74 Å². The first-order valence-electron chi connectivity index (χ1n) is 8.32. The summed E-state index contributed by atoms with van der Waals surface area (Å²) >= 11 is 0. The summed E-state index contributed by atoms with van der Waals surface area (Å²) in [6.45, 7) is 7.30. The molecule has 0 aliphatic carbocycles. The minimum absolute atomic E-state index is 0.0365. The first-order chi connectivity index (χ1) is 11.5. The molecule has 0 aromatic heterocycles. The van der Waals surface area contributed by atoms with Crippen LogP contribution in [0, 0.1) is 0 Å². The van der Waals surface area contributed by atoms with Crippen molar-refractivity contribution in [2.24, 2.45) is 0 Å². The monoisotopic (exact) mass is 355 g/mol. The molecule has 9 heteroatoms. The number of hydrogen-bond acceptors (Lipinski definition) is 6. The maximum atomic E-state index is 12.3. The molecule has 0 saturated carbocycles. The molecule has 2 atom stereocenters. The van der Waals surface area contributed by atoms with E-state index in [0.29, 0.717) is 13.1 Å². The second-order valence-corrected chi connectivity index (χ2v) is 7.43. The van der Waals surface area contributed by atoms with Crippen LogP contribution in [0.2, 0.25) is 0 Å². The Morgan fingerprint density at radius 3 is 2.48 bits per heavy atom. The minimum atomic E-state index is -1.54. The van der Waals surface area contributed by atoms with Gasteiger partial charge >= 0.3 is 12.1 Å². The summed E-state index contributed by atoms with van der Waals surface area (Å²) in [4.78, 5) is 50.9. The van der Waals surface area contributed by atoms with Crippen LogP contribution in [0.15, 0.2) is 0 Å². The van der Waals surface area contributed by atoms with Gasteiger partial charge in [-0.3, -0.25) is 19.4 Å². The lowest BCUT2D eigenvalue weighted by atomic mass is 9.99. The third-order valence-corrected chi connectivity index (χ3v) is 4.43. The highest BCUT2D eigenvalue weighted by atomic mass is 16.6. The highest BCUT2D eigenvalue weighted by Gasteiger charge is 2.52. The molecule has 2 N–H and O–H groups in total. The van der Waals surface area contributed by atoms with E-state index in [0.717, 1.165) is 0 Å². The zero-order valence-corrected chi connectivity index (χ0v) is 15.0. The molecule has 140 valence electrons. The van der Waals surface area contributed by atoms with Crippen molar-refractivity contribution in [1.82, 2.24) is 15.1 Å². The van der Waals surface area contributed by atoms with Gasteiger partial charge in [-0.15, -0.1) is 0 Å². The molecule has 2 aliphatic heterocycles. The maximum absolute atomic E-state index is 12.3. The molecule has 2 unspecified atom stereocenters. The fourth-order valence-corrected chi connectivity index (χ4v) is 3.22. The van der Waals surface area contributed by atoms with Crippen molar-refractivity contribution in [2.45, 2.75) is 57.7 Å². The van der Waals surface area contributed by atoms with Crippen LogP contribution in [-0.2, 0) is 19.1 Å². The SMILES string of the molecule is CCN1C(=O)CC(N2CCC(NC(=O)OC(C)(C)C)(C(=O)O)C2)C1=O. The van der Waals surface area contributed by atoms with Crippen molar-refractivity contribution in [3.63, 3.8) is 0 Å². The lowest BCUT2D eigenvalue weighted by Gasteiger charge is -2.29. The summed E-state index contributed by atoms with van der Waals surface area (Å²) in [5.74, 6) is -1.76. The third-order valence-electron chi connectivity index (χ3n) is 4.43. The third kappa shape index (κ3) is 3.92. The Kier molecular flexibility index (Phi) is 5.08. The highest BCUT2D eigenvalue weighted by Crippen LogP contribution is 2.28. The van der Waals surface area contributed by atoms with Crippen LogP contribution < -0.4 is 5.32 Å². The summed E-state index contributed by atoms with van der Waals surface area (Å²) in [5.41, 5.74) is -2.29. The van der Waals surface area contributed by atoms with Crippen molar-refractivity contribution >= 4 is 23.9 Å². The molecular formula is C16H25N3O6. The molecule has 0 aromatic rings. The van der Waals surface area contributed by atoms with E-state index in [1.54, 1.807) is 32.6 Å². The van der Waals surface area contributed by atoms with E-state index in [2.05, 4.69) is 5.32 Å². The Bertz CT molecular complexity index is 599. The molecule has 0 aromatic carbocycles. The van der Waals surface area contributed by atoms with Gasteiger partial charge in [-0.25, -0.2) is 9.59 Å². The summed E-state index contributed by atoms with van der Waals surface area (Å²) in [5, 5.41) is 12.1. The quantitative estimate of drug-likeness (QED) is 0.691. The molecule has 0 bridgehead atoms. The van der Waals surface area contributed by atoms with Gasteiger partial charge in [-0.2, -0.15) is 0 Å². The van der Waals surface area contributed by atoms with Crippen molar-refractivity contribution in [2.75, 3.05) is 19.6 Å². The molecule has 25 heavy (non-hydrogen) atoms. The van der Waals surface area contributed by atoms with Gasteiger partial charge in [0, 0.05) is 19.6 Å². The molecule has 2 aliphatic rings. The van der Waals surface area contributed by atoms with Crippen molar-refractivity contribution < 1.29 is 29.0 Å². The normalized spacial score (nSPS) is 27.7. The van der Waals surface area contributed by atoms with Crippen molar-refractivity contribution in [3.05, 3.63) is 0 Å². The number of likely N-dealkylation sites (tertiary alicyclic amines) is 2.